The van der Waals surface area contributed by atoms with E-state index in [2.05, 4.69) is 11.9 Å². The zero-order chi connectivity index (χ0) is 9.26. The van der Waals surface area contributed by atoms with Crippen LogP contribution in [0.15, 0.2) is 0 Å². The van der Waals surface area contributed by atoms with Gasteiger partial charge < -0.3 is 4.74 Å². The molecule has 3 atom stereocenters. The monoisotopic (exact) mass is 183 g/mol. The third-order valence-electron chi connectivity index (χ3n) is 3.90. The number of fused-ring (bicyclic) bond motifs is 1. The van der Waals surface area contributed by atoms with Gasteiger partial charge in [0, 0.05) is 19.2 Å². The van der Waals surface area contributed by atoms with Crippen molar-refractivity contribution in [3.05, 3.63) is 0 Å². The fraction of sp³-hybridized carbons (Fsp3) is 1.00. The molecule has 0 aromatic carbocycles. The molecule has 0 aromatic heterocycles. The summed E-state index contributed by atoms with van der Waals surface area (Å²) in [5.41, 5.74) is 0. The van der Waals surface area contributed by atoms with E-state index in [0.29, 0.717) is 6.04 Å². The topological polar surface area (TPSA) is 12.5 Å². The molecule has 2 rings (SSSR count). The van der Waals surface area contributed by atoms with Gasteiger partial charge in [-0.2, -0.15) is 0 Å². The molecule has 1 saturated carbocycles. The highest BCUT2D eigenvalue weighted by Crippen LogP contribution is 2.38. The van der Waals surface area contributed by atoms with Crippen LogP contribution in [-0.4, -0.2) is 37.7 Å². The highest BCUT2D eigenvalue weighted by atomic mass is 16.5. The molecule has 0 amide bonds. The van der Waals surface area contributed by atoms with Gasteiger partial charge in [0.25, 0.3) is 0 Å². The van der Waals surface area contributed by atoms with Crippen LogP contribution < -0.4 is 0 Å². The average Bonchev–Trinajstić information content (AvgIpc) is 2.46. The third-order valence-corrected chi connectivity index (χ3v) is 3.90. The maximum absolute atomic E-state index is 5.26. The Labute approximate surface area is 81.3 Å². The lowest BCUT2D eigenvalue weighted by Crippen LogP contribution is -2.37. The molecule has 0 bridgehead atoms. The van der Waals surface area contributed by atoms with Gasteiger partial charge >= 0.3 is 0 Å². The molecule has 0 N–H and O–H groups in total. The van der Waals surface area contributed by atoms with Crippen LogP contribution in [0.5, 0.6) is 0 Å². The van der Waals surface area contributed by atoms with E-state index in [0.717, 1.165) is 18.6 Å². The summed E-state index contributed by atoms with van der Waals surface area (Å²) in [6, 6.07) is 1.56. The Morgan fingerprint density at radius 3 is 2.77 bits per heavy atom. The fourth-order valence-corrected chi connectivity index (χ4v) is 3.16. The normalized spacial score (nSPS) is 40.6. The summed E-state index contributed by atoms with van der Waals surface area (Å²) in [4.78, 5) is 2.56. The van der Waals surface area contributed by atoms with E-state index in [9.17, 15) is 0 Å². The fourth-order valence-electron chi connectivity index (χ4n) is 3.16. The van der Waals surface area contributed by atoms with Crippen LogP contribution in [0, 0.1) is 5.92 Å². The first-order valence-corrected chi connectivity index (χ1v) is 5.54. The number of hydrogen-bond acceptors (Lipinski definition) is 2. The molecule has 2 fully saturated rings. The maximum atomic E-state index is 5.26. The third kappa shape index (κ3) is 1.75. The van der Waals surface area contributed by atoms with Crippen molar-refractivity contribution in [2.24, 2.45) is 5.92 Å². The standard InChI is InChI=1S/C11H21NO/c1-12-10(8-13-2)7-9-5-3-4-6-11(9)12/h9-11H,3-8H2,1-2H3/t9-,10?,11?/m0/s1. The van der Waals surface area contributed by atoms with Crippen LogP contribution in [-0.2, 0) is 4.74 Å². The van der Waals surface area contributed by atoms with Crippen LogP contribution in [0.4, 0.5) is 0 Å². The lowest BCUT2D eigenvalue weighted by atomic mass is 9.85. The lowest BCUT2D eigenvalue weighted by Gasteiger charge is -2.30. The van der Waals surface area contributed by atoms with E-state index in [1.807, 2.05) is 7.11 Å². The minimum Gasteiger partial charge on any atom is -0.383 e. The molecular formula is C11H21NO. The summed E-state index contributed by atoms with van der Waals surface area (Å²) in [7, 11) is 4.09. The van der Waals surface area contributed by atoms with Gasteiger partial charge in [0.05, 0.1) is 6.61 Å². The van der Waals surface area contributed by atoms with E-state index < -0.39 is 0 Å². The second-order valence-electron chi connectivity index (χ2n) is 4.62. The second kappa shape index (κ2) is 3.97. The van der Waals surface area contributed by atoms with Crippen molar-refractivity contribution < 1.29 is 4.74 Å². The van der Waals surface area contributed by atoms with E-state index in [1.165, 1.54) is 32.1 Å². The molecule has 0 spiro atoms. The summed E-state index contributed by atoms with van der Waals surface area (Å²) < 4.78 is 5.26. The molecular weight excluding hydrogens is 162 g/mol. The molecule has 2 aliphatic rings. The van der Waals surface area contributed by atoms with Crippen molar-refractivity contribution in [1.29, 1.82) is 0 Å². The van der Waals surface area contributed by atoms with Gasteiger partial charge in [-0.15, -0.1) is 0 Å². The predicted molar refractivity (Wildman–Crippen MR) is 53.8 cm³/mol. The smallest absolute Gasteiger partial charge is 0.0618 e. The number of methoxy groups -OCH3 is 1. The number of likely N-dealkylation sites (N-methyl/N-ethyl adjacent to an activating group) is 1. The summed E-state index contributed by atoms with van der Waals surface area (Å²) in [6.45, 7) is 0.920. The number of nitrogens with zero attached hydrogens (tertiary/aromatic N) is 1. The van der Waals surface area contributed by atoms with Crippen molar-refractivity contribution in [3.63, 3.8) is 0 Å². The molecule has 1 heterocycles. The highest BCUT2D eigenvalue weighted by molar-refractivity contribution is 4.93. The maximum Gasteiger partial charge on any atom is 0.0618 e. The Kier molecular flexibility index (Phi) is 2.89. The molecule has 1 aliphatic carbocycles. The Hall–Kier alpha value is -0.0800. The van der Waals surface area contributed by atoms with E-state index in [4.69, 9.17) is 4.74 Å². The average molecular weight is 183 g/mol. The lowest BCUT2D eigenvalue weighted by molar-refractivity contribution is 0.107. The van der Waals surface area contributed by atoms with Crippen LogP contribution in [0.1, 0.15) is 32.1 Å². The van der Waals surface area contributed by atoms with Gasteiger partial charge in [0.1, 0.15) is 0 Å². The molecule has 2 nitrogen and oxygen atoms in total. The molecule has 13 heavy (non-hydrogen) atoms. The largest absolute Gasteiger partial charge is 0.383 e. The molecule has 1 aliphatic heterocycles. The van der Waals surface area contributed by atoms with Gasteiger partial charge in [-0.25, -0.2) is 0 Å². The Morgan fingerprint density at radius 1 is 1.31 bits per heavy atom. The Balaban J connectivity index is 1.96. The molecule has 76 valence electrons. The first-order chi connectivity index (χ1) is 6.33. The van der Waals surface area contributed by atoms with Crippen molar-refractivity contribution in [2.75, 3.05) is 20.8 Å². The second-order valence-corrected chi connectivity index (χ2v) is 4.62. The minimum absolute atomic E-state index is 0.693. The SMILES string of the molecule is COCC1C[C@@H]2CCCCC2N1C. The summed E-state index contributed by atoms with van der Waals surface area (Å²) in [6.07, 6.45) is 7.13. The van der Waals surface area contributed by atoms with Crippen molar-refractivity contribution in [2.45, 2.75) is 44.2 Å². The molecule has 1 saturated heterocycles. The Bertz CT molecular complexity index is 171. The minimum atomic E-state index is 0.693. The van der Waals surface area contributed by atoms with Crippen LogP contribution in [0.25, 0.3) is 0 Å². The first-order valence-electron chi connectivity index (χ1n) is 5.54. The highest BCUT2D eigenvalue weighted by Gasteiger charge is 2.39. The van der Waals surface area contributed by atoms with Gasteiger partial charge in [-0.3, -0.25) is 4.90 Å². The Morgan fingerprint density at radius 2 is 2.08 bits per heavy atom. The van der Waals surface area contributed by atoms with Gasteiger partial charge in [-0.05, 0) is 32.2 Å². The number of hydrogen-bond donors (Lipinski definition) is 0. The van der Waals surface area contributed by atoms with Crippen molar-refractivity contribution in [1.82, 2.24) is 4.90 Å². The quantitative estimate of drug-likeness (QED) is 0.648. The zero-order valence-corrected chi connectivity index (χ0v) is 8.83. The van der Waals surface area contributed by atoms with E-state index in [-0.39, 0.29) is 0 Å². The first kappa shape index (κ1) is 9.47. The summed E-state index contributed by atoms with van der Waals surface area (Å²) >= 11 is 0. The molecule has 0 aromatic rings. The van der Waals surface area contributed by atoms with Gasteiger partial charge in [0.2, 0.25) is 0 Å². The van der Waals surface area contributed by atoms with Gasteiger partial charge in [-0.1, -0.05) is 12.8 Å². The molecule has 2 unspecified atom stereocenters. The van der Waals surface area contributed by atoms with Crippen LogP contribution in [0.3, 0.4) is 0 Å². The number of ether oxygens (including phenoxy) is 1. The number of rotatable bonds is 2. The van der Waals surface area contributed by atoms with Crippen molar-refractivity contribution >= 4 is 0 Å². The van der Waals surface area contributed by atoms with Gasteiger partial charge in [0.15, 0.2) is 0 Å². The van der Waals surface area contributed by atoms with Crippen molar-refractivity contribution in [3.8, 4) is 0 Å². The summed E-state index contributed by atoms with van der Waals surface area (Å²) in [5.74, 6) is 0.971. The zero-order valence-electron chi connectivity index (χ0n) is 8.83. The summed E-state index contributed by atoms with van der Waals surface area (Å²) in [5, 5.41) is 0. The molecule has 0 radical (unpaired) electrons. The van der Waals surface area contributed by atoms with Crippen LogP contribution in [0.2, 0.25) is 0 Å². The van der Waals surface area contributed by atoms with E-state index >= 15 is 0 Å². The van der Waals surface area contributed by atoms with Crippen LogP contribution >= 0.6 is 0 Å². The van der Waals surface area contributed by atoms with E-state index in [1.54, 1.807) is 0 Å². The predicted octanol–water partition coefficient (Wildman–Crippen LogP) is 1.90. The molecule has 2 heteroatoms. The number of likely N-dealkylation sites (tertiary alicyclic amines) is 1.